The van der Waals surface area contributed by atoms with Gasteiger partial charge in [0.05, 0.1) is 15.4 Å². The monoisotopic (exact) mass is 398 g/mol. The fourth-order valence-corrected chi connectivity index (χ4v) is 3.51. The molecule has 0 bridgehead atoms. The van der Waals surface area contributed by atoms with Crippen molar-refractivity contribution in [2.75, 3.05) is 14.1 Å². The minimum Gasteiger partial charge on any atom is -0.457 e. The minimum atomic E-state index is -3.84. The second-order valence-corrected chi connectivity index (χ2v) is 9.29. The van der Waals surface area contributed by atoms with Crippen molar-refractivity contribution >= 4 is 26.0 Å². The summed E-state index contributed by atoms with van der Waals surface area (Å²) in [6.45, 7) is -0.132. The molecule has 2 aromatic rings. The van der Waals surface area contributed by atoms with Gasteiger partial charge in [0, 0.05) is 14.1 Å². The lowest BCUT2D eigenvalue weighted by Gasteiger charge is -2.12. The van der Waals surface area contributed by atoms with E-state index in [1.165, 1.54) is 50.5 Å². The summed E-state index contributed by atoms with van der Waals surface area (Å²) in [6, 6.07) is 11.0. The first-order valence-corrected chi connectivity index (χ1v) is 10.3. The maximum Gasteiger partial charge on any atom is 0.338 e. The van der Waals surface area contributed by atoms with E-state index in [9.17, 15) is 21.6 Å². The number of nitrogens with zero attached hydrogens (tertiary/aromatic N) is 1. The molecule has 26 heavy (non-hydrogen) atoms. The van der Waals surface area contributed by atoms with E-state index >= 15 is 0 Å². The Bertz CT molecular complexity index is 1010. The van der Waals surface area contributed by atoms with Crippen LogP contribution in [0.25, 0.3) is 0 Å². The minimum absolute atomic E-state index is 0.0913. The summed E-state index contributed by atoms with van der Waals surface area (Å²) in [5.41, 5.74) is 0.650. The number of nitrogens with two attached hydrogens (primary N) is 1. The van der Waals surface area contributed by atoms with Crippen molar-refractivity contribution in [2.45, 2.75) is 16.4 Å². The normalized spacial score (nSPS) is 12.2. The van der Waals surface area contributed by atoms with E-state index in [0.29, 0.717) is 5.56 Å². The fraction of sp³-hybridized carbons (Fsp3) is 0.188. The highest BCUT2D eigenvalue weighted by molar-refractivity contribution is 7.89. The van der Waals surface area contributed by atoms with Crippen LogP contribution in [0.2, 0.25) is 0 Å². The fourth-order valence-electron chi connectivity index (χ4n) is 2.02. The zero-order chi connectivity index (χ0) is 19.5. The molecule has 0 aliphatic carbocycles. The molecule has 0 radical (unpaired) electrons. The predicted molar refractivity (Wildman–Crippen MR) is 94.2 cm³/mol. The molecule has 0 amide bonds. The molecular weight excluding hydrogens is 380 g/mol. The third-order valence-electron chi connectivity index (χ3n) is 3.47. The number of esters is 1. The molecule has 2 N–H and O–H groups in total. The van der Waals surface area contributed by atoms with Gasteiger partial charge in [0.15, 0.2) is 0 Å². The molecule has 0 aliphatic rings. The van der Waals surface area contributed by atoms with E-state index in [1.807, 2.05) is 0 Å². The first-order chi connectivity index (χ1) is 12.0. The summed E-state index contributed by atoms with van der Waals surface area (Å²) < 4.78 is 52.8. The van der Waals surface area contributed by atoms with Crippen LogP contribution in [0.1, 0.15) is 15.9 Å². The molecule has 0 aliphatic heterocycles. The van der Waals surface area contributed by atoms with E-state index in [1.54, 1.807) is 12.1 Å². The summed E-state index contributed by atoms with van der Waals surface area (Å²) in [5, 5.41) is 4.99. The number of ether oxygens (including phenoxy) is 1. The molecule has 2 aromatic carbocycles. The molecule has 2 rings (SSSR count). The van der Waals surface area contributed by atoms with Crippen molar-refractivity contribution in [1.82, 2.24) is 4.31 Å². The second-order valence-electron chi connectivity index (χ2n) is 5.58. The summed E-state index contributed by atoms with van der Waals surface area (Å²) in [4.78, 5) is 12.0. The average Bonchev–Trinajstić information content (AvgIpc) is 2.59. The van der Waals surface area contributed by atoms with E-state index in [0.717, 1.165) is 4.31 Å². The number of sulfonamides is 2. The van der Waals surface area contributed by atoms with Crippen molar-refractivity contribution in [1.29, 1.82) is 0 Å². The number of hydrogen-bond donors (Lipinski definition) is 1. The summed E-state index contributed by atoms with van der Waals surface area (Å²) >= 11 is 0. The Morgan fingerprint density at radius 3 is 2.15 bits per heavy atom. The maximum atomic E-state index is 12.1. The standard InChI is InChI=1S/C16H18N2O6S2/c1-18(2)26(22,23)15-5-3-4-12(10-15)11-24-16(19)13-6-8-14(9-7-13)25(17,20)21/h3-10H,11H2,1-2H3,(H2,17,20,21). The molecule has 0 aromatic heterocycles. The van der Waals surface area contributed by atoms with Gasteiger partial charge in [0.1, 0.15) is 6.61 Å². The molecule has 0 fully saturated rings. The highest BCUT2D eigenvalue weighted by Crippen LogP contribution is 2.16. The van der Waals surface area contributed by atoms with Gasteiger partial charge < -0.3 is 4.74 Å². The van der Waals surface area contributed by atoms with Crippen molar-refractivity contribution in [2.24, 2.45) is 5.14 Å². The van der Waals surface area contributed by atoms with Crippen LogP contribution in [-0.4, -0.2) is 41.2 Å². The zero-order valence-corrected chi connectivity index (χ0v) is 15.7. The number of benzene rings is 2. The Morgan fingerprint density at radius 2 is 1.62 bits per heavy atom. The largest absolute Gasteiger partial charge is 0.457 e. The lowest BCUT2D eigenvalue weighted by atomic mass is 10.2. The third kappa shape index (κ3) is 4.67. The zero-order valence-electron chi connectivity index (χ0n) is 14.1. The van der Waals surface area contributed by atoms with E-state index in [-0.39, 0.29) is 22.0 Å². The van der Waals surface area contributed by atoms with Crippen LogP contribution < -0.4 is 5.14 Å². The molecule has 0 unspecified atom stereocenters. The van der Waals surface area contributed by atoms with E-state index in [4.69, 9.17) is 9.88 Å². The van der Waals surface area contributed by atoms with Crippen LogP contribution >= 0.6 is 0 Å². The Morgan fingerprint density at radius 1 is 1.00 bits per heavy atom. The number of carbonyl (C=O) groups is 1. The SMILES string of the molecule is CN(C)S(=O)(=O)c1cccc(COC(=O)c2ccc(S(N)(=O)=O)cc2)c1. The Kier molecular flexibility index (Phi) is 5.81. The molecule has 0 saturated carbocycles. The van der Waals surface area contributed by atoms with Crippen LogP contribution in [0.3, 0.4) is 0 Å². The molecule has 10 heteroatoms. The molecule has 0 heterocycles. The van der Waals surface area contributed by atoms with Gasteiger partial charge >= 0.3 is 5.97 Å². The van der Waals surface area contributed by atoms with Crippen molar-refractivity contribution < 1.29 is 26.4 Å². The Balaban J connectivity index is 2.11. The summed E-state index contributed by atoms with van der Waals surface area (Å²) in [6.07, 6.45) is 0. The topological polar surface area (TPSA) is 124 Å². The van der Waals surface area contributed by atoms with Gasteiger partial charge in [0.25, 0.3) is 0 Å². The van der Waals surface area contributed by atoms with Crippen molar-refractivity contribution in [3.63, 3.8) is 0 Å². The van der Waals surface area contributed by atoms with Gasteiger partial charge in [-0.2, -0.15) is 0 Å². The number of hydrogen-bond acceptors (Lipinski definition) is 6. The van der Waals surface area contributed by atoms with E-state index in [2.05, 4.69) is 0 Å². The smallest absolute Gasteiger partial charge is 0.338 e. The molecule has 0 saturated heterocycles. The summed E-state index contributed by atoms with van der Waals surface area (Å²) in [7, 11) is -4.58. The molecule has 0 spiro atoms. The van der Waals surface area contributed by atoms with Gasteiger partial charge in [0.2, 0.25) is 20.0 Å². The van der Waals surface area contributed by atoms with E-state index < -0.39 is 26.0 Å². The maximum absolute atomic E-state index is 12.1. The average molecular weight is 398 g/mol. The van der Waals surface area contributed by atoms with Crippen LogP contribution in [0.15, 0.2) is 58.3 Å². The van der Waals surface area contributed by atoms with Crippen molar-refractivity contribution in [3.05, 3.63) is 59.7 Å². The first-order valence-electron chi connectivity index (χ1n) is 7.33. The van der Waals surface area contributed by atoms with Gasteiger partial charge in [-0.25, -0.2) is 31.1 Å². The molecule has 8 nitrogen and oxygen atoms in total. The van der Waals surface area contributed by atoms with Crippen molar-refractivity contribution in [3.8, 4) is 0 Å². The number of primary sulfonamides is 1. The number of rotatable bonds is 6. The lowest BCUT2D eigenvalue weighted by Crippen LogP contribution is -2.22. The lowest BCUT2D eigenvalue weighted by molar-refractivity contribution is 0.0472. The highest BCUT2D eigenvalue weighted by atomic mass is 32.2. The van der Waals surface area contributed by atoms with Crippen LogP contribution in [0.5, 0.6) is 0 Å². The molecular formula is C16H18N2O6S2. The van der Waals surface area contributed by atoms with Gasteiger partial charge in [-0.15, -0.1) is 0 Å². The van der Waals surface area contributed by atoms with Crippen LogP contribution in [-0.2, 0) is 31.4 Å². The predicted octanol–water partition coefficient (Wildman–Crippen LogP) is 0.941. The Hall–Kier alpha value is -2.27. The van der Waals surface area contributed by atoms with Gasteiger partial charge in [-0.3, -0.25) is 0 Å². The molecule has 140 valence electrons. The van der Waals surface area contributed by atoms with Gasteiger partial charge in [-0.1, -0.05) is 12.1 Å². The second kappa shape index (κ2) is 7.54. The Labute approximate surface area is 152 Å². The van der Waals surface area contributed by atoms with Gasteiger partial charge in [-0.05, 0) is 42.0 Å². The first kappa shape index (κ1) is 20.0. The van der Waals surface area contributed by atoms with Crippen LogP contribution in [0.4, 0.5) is 0 Å². The number of carbonyl (C=O) groups excluding carboxylic acids is 1. The summed E-state index contributed by atoms with van der Waals surface area (Å²) in [5.74, 6) is -0.674. The third-order valence-corrected chi connectivity index (χ3v) is 6.21. The van der Waals surface area contributed by atoms with Crippen LogP contribution in [0, 0.1) is 0 Å². The quantitative estimate of drug-likeness (QED) is 0.722. The molecule has 0 atom stereocenters. The highest BCUT2D eigenvalue weighted by Gasteiger charge is 2.17.